The van der Waals surface area contributed by atoms with E-state index in [1.807, 2.05) is 27.9 Å². The predicted octanol–water partition coefficient (Wildman–Crippen LogP) is 3.62. The lowest BCUT2D eigenvalue weighted by atomic mass is 10.1. The molecule has 0 unspecified atom stereocenters. The minimum absolute atomic E-state index is 0.0482. The van der Waals surface area contributed by atoms with Crippen molar-refractivity contribution in [3.63, 3.8) is 0 Å². The fourth-order valence-electron chi connectivity index (χ4n) is 3.56. The molecule has 2 aromatic heterocycles. The van der Waals surface area contributed by atoms with Gasteiger partial charge in [-0.05, 0) is 56.2 Å². The average Bonchev–Trinajstić information content (AvgIpc) is 3.15. The van der Waals surface area contributed by atoms with Gasteiger partial charge in [-0.2, -0.15) is 5.10 Å². The summed E-state index contributed by atoms with van der Waals surface area (Å²) in [6.07, 6.45) is 11.8. The molecule has 1 aliphatic heterocycles. The molecule has 3 heterocycles. The summed E-state index contributed by atoms with van der Waals surface area (Å²) in [6.45, 7) is 2.97. The van der Waals surface area contributed by atoms with E-state index in [9.17, 15) is 4.79 Å². The summed E-state index contributed by atoms with van der Waals surface area (Å²) in [5.74, 6) is 0.739. The van der Waals surface area contributed by atoms with Crippen LogP contribution in [0.1, 0.15) is 50.3 Å². The van der Waals surface area contributed by atoms with Gasteiger partial charge in [0.1, 0.15) is 0 Å². The first-order chi connectivity index (χ1) is 11.7. The summed E-state index contributed by atoms with van der Waals surface area (Å²) in [5.41, 5.74) is 1.92. The minimum atomic E-state index is -0.0482. The van der Waals surface area contributed by atoms with Crippen LogP contribution in [-0.4, -0.2) is 32.2 Å². The molecule has 126 valence electrons. The number of nitrogens with zero attached hydrogens (tertiary/aromatic N) is 4. The zero-order chi connectivity index (χ0) is 16.5. The second-order valence-corrected chi connectivity index (χ2v) is 6.85. The van der Waals surface area contributed by atoms with E-state index in [0.717, 1.165) is 36.6 Å². The van der Waals surface area contributed by atoms with Gasteiger partial charge in [0.05, 0.1) is 24.0 Å². The smallest absolute Gasteiger partial charge is 0.317 e. The largest absolute Gasteiger partial charge is 0.322 e. The molecule has 6 nitrogen and oxygen atoms in total. The highest BCUT2D eigenvalue weighted by molar-refractivity contribution is 5.89. The molecule has 0 bridgehead atoms. The Morgan fingerprint density at radius 1 is 1.29 bits per heavy atom. The van der Waals surface area contributed by atoms with E-state index >= 15 is 0 Å². The molecule has 2 fully saturated rings. The van der Waals surface area contributed by atoms with Gasteiger partial charge in [-0.1, -0.05) is 0 Å². The predicted molar refractivity (Wildman–Crippen MR) is 91.6 cm³/mol. The van der Waals surface area contributed by atoms with Gasteiger partial charge in [0.25, 0.3) is 0 Å². The SMILES string of the molecule is C[C@@H](C1CC1)n1cc(NC(=O)N2CCC[C@H]2c2ccncc2)cn1. The zero-order valence-corrected chi connectivity index (χ0v) is 13.9. The molecule has 2 amide bonds. The second-order valence-electron chi connectivity index (χ2n) is 6.85. The van der Waals surface area contributed by atoms with Crippen LogP contribution >= 0.6 is 0 Å². The van der Waals surface area contributed by atoms with E-state index in [4.69, 9.17) is 0 Å². The summed E-state index contributed by atoms with van der Waals surface area (Å²) in [5, 5.41) is 7.42. The number of nitrogens with one attached hydrogen (secondary N) is 1. The van der Waals surface area contributed by atoms with Crippen molar-refractivity contribution in [2.24, 2.45) is 5.92 Å². The average molecular weight is 325 g/mol. The van der Waals surface area contributed by atoms with Gasteiger partial charge in [-0.25, -0.2) is 4.79 Å². The molecule has 1 aliphatic carbocycles. The molecule has 2 aromatic rings. The Bertz CT molecular complexity index is 709. The molecule has 1 saturated carbocycles. The van der Waals surface area contributed by atoms with Crippen LogP contribution in [0.4, 0.5) is 10.5 Å². The van der Waals surface area contributed by atoms with Crippen molar-refractivity contribution >= 4 is 11.7 Å². The second kappa shape index (κ2) is 6.26. The summed E-state index contributed by atoms with van der Waals surface area (Å²) in [4.78, 5) is 18.7. The van der Waals surface area contributed by atoms with Crippen molar-refractivity contribution in [2.75, 3.05) is 11.9 Å². The van der Waals surface area contributed by atoms with Gasteiger partial charge < -0.3 is 10.2 Å². The lowest BCUT2D eigenvalue weighted by Crippen LogP contribution is -2.34. The highest BCUT2D eigenvalue weighted by Crippen LogP contribution is 2.39. The Labute approximate surface area is 141 Å². The monoisotopic (exact) mass is 325 g/mol. The molecular formula is C18H23N5O. The molecule has 0 spiro atoms. The van der Waals surface area contributed by atoms with Gasteiger partial charge in [-0.3, -0.25) is 9.67 Å². The first kappa shape index (κ1) is 15.2. The molecule has 0 aromatic carbocycles. The van der Waals surface area contributed by atoms with E-state index in [1.165, 1.54) is 12.8 Å². The number of likely N-dealkylation sites (tertiary alicyclic amines) is 1. The van der Waals surface area contributed by atoms with Crippen LogP contribution in [0, 0.1) is 5.92 Å². The third-order valence-electron chi connectivity index (χ3n) is 5.18. The number of urea groups is 1. The molecule has 4 rings (SSSR count). The van der Waals surface area contributed by atoms with Gasteiger partial charge >= 0.3 is 6.03 Å². The molecule has 24 heavy (non-hydrogen) atoms. The van der Waals surface area contributed by atoms with Gasteiger partial charge in [-0.15, -0.1) is 0 Å². The Morgan fingerprint density at radius 2 is 2.08 bits per heavy atom. The Kier molecular flexibility index (Phi) is 3.96. The van der Waals surface area contributed by atoms with Crippen LogP contribution in [-0.2, 0) is 0 Å². The van der Waals surface area contributed by atoms with Crippen LogP contribution in [0.3, 0.4) is 0 Å². The van der Waals surface area contributed by atoms with Gasteiger partial charge in [0, 0.05) is 25.1 Å². The van der Waals surface area contributed by atoms with Crippen molar-refractivity contribution in [3.05, 3.63) is 42.5 Å². The molecule has 2 aliphatic rings. The van der Waals surface area contributed by atoms with Crippen LogP contribution in [0.5, 0.6) is 0 Å². The number of amides is 2. The van der Waals surface area contributed by atoms with Crippen molar-refractivity contribution in [1.82, 2.24) is 19.7 Å². The van der Waals surface area contributed by atoms with Crippen molar-refractivity contribution in [2.45, 2.75) is 44.7 Å². The van der Waals surface area contributed by atoms with Crippen LogP contribution in [0.25, 0.3) is 0 Å². The number of pyridine rings is 1. The summed E-state index contributed by atoms with van der Waals surface area (Å²) >= 11 is 0. The number of hydrogen-bond acceptors (Lipinski definition) is 3. The van der Waals surface area contributed by atoms with E-state index in [2.05, 4.69) is 22.3 Å². The first-order valence-corrected chi connectivity index (χ1v) is 8.74. The maximum Gasteiger partial charge on any atom is 0.322 e. The molecule has 1 saturated heterocycles. The Balaban J connectivity index is 1.43. The summed E-state index contributed by atoms with van der Waals surface area (Å²) in [7, 11) is 0. The Hall–Kier alpha value is -2.37. The minimum Gasteiger partial charge on any atom is -0.317 e. The van der Waals surface area contributed by atoms with Gasteiger partial charge in [0.15, 0.2) is 0 Å². The highest BCUT2D eigenvalue weighted by Gasteiger charge is 2.31. The lowest BCUT2D eigenvalue weighted by molar-refractivity contribution is 0.207. The highest BCUT2D eigenvalue weighted by atomic mass is 16.2. The lowest BCUT2D eigenvalue weighted by Gasteiger charge is -2.25. The first-order valence-electron chi connectivity index (χ1n) is 8.74. The fraction of sp³-hybridized carbons (Fsp3) is 0.500. The molecule has 1 N–H and O–H groups in total. The fourth-order valence-corrected chi connectivity index (χ4v) is 3.56. The van der Waals surface area contributed by atoms with E-state index in [0.29, 0.717) is 6.04 Å². The number of anilines is 1. The van der Waals surface area contributed by atoms with E-state index in [-0.39, 0.29) is 12.1 Å². The molecular weight excluding hydrogens is 302 g/mol. The topological polar surface area (TPSA) is 63.1 Å². The molecule has 0 radical (unpaired) electrons. The molecule has 6 heteroatoms. The summed E-state index contributed by atoms with van der Waals surface area (Å²) in [6, 6.07) is 4.48. The summed E-state index contributed by atoms with van der Waals surface area (Å²) < 4.78 is 1.97. The maximum atomic E-state index is 12.7. The molecule has 2 atom stereocenters. The normalized spacial score (nSPS) is 21.7. The number of carbonyl (C=O) groups excluding carboxylic acids is 1. The van der Waals surface area contributed by atoms with Crippen molar-refractivity contribution in [3.8, 4) is 0 Å². The third kappa shape index (κ3) is 3.00. The Morgan fingerprint density at radius 3 is 2.83 bits per heavy atom. The quantitative estimate of drug-likeness (QED) is 0.934. The van der Waals surface area contributed by atoms with Gasteiger partial charge in [0.2, 0.25) is 0 Å². The maximum absolute atomic E-state index is 12.7. The van der Waals surface area contributed by atoms with E-state index < -0.39 is 0 Å². The van der Waals surface area contributed by atoms with Crippen LogP contribution in [0.2, 0.25) is 0 Å². The number of rotatable bonds is 4. The van der Waals surface area contributed by atoms with Crippen LogP contribution < -0.4 is 5.32 Å². The number of aromatic nitrogens is 3. The van der Waals surface area contributed by atoms with Crippen molar-refractivity contribution in [1.29, 1.82) is 0 Å². The number of hydrogen-bond donors (Lipinski definition) is 1. The van der Waals surface area contributed by atoms with E-state index in [1.54, 1.807) is 18.6 Å². The zero-order valence-electron chi connectivity index (χ0n) is 13.9. The van der Waals surface area contributed by atoms with Crippen molar-refractivity contribution < 1.29 is 4.79 Å². The number of carbonyl (C=O) groups is 1. The third-order valence-corrected chi connectivity index (χ3v) is 5.18. The standard InChI is InChI=1S/C18H23N5O/c1-13(14-4-5-14)23-12-16(11-20-23)21-18(24)22-10-2-3-17(22)15-6-8-19-9-7-15/h6-9,11-14,17H,2-5,10H2,1H3,(H,21,24)/t13-,17-/m0/s1. The van der Waals surface area contributed by atoms with Crippen LogP contribution in [0.15, 0.2) is 36.9 Å².